The van der Waals surface area contributed by atoms with Crippen molar-refractivity contribution in [2.24, 2.45) is 5.10 Å². The van der Waals surface area contributed by atoms with Crippen LogP contribution in [0.5, 0.6) is 0 Å². The molecule has 2 amide bonds. The summed E-state index contributed by atoms with van der Waals surface area (Å²) in [6.07, 6.45) is 2.28. The number of nitrogens with zero attached hydrogens (tertiary/aromatic N) is 3. The molecular weight excluding hydrogens is 342 g/mol. The molecule has 1 aromatic heterocycles. The van der Waals surface area contributed by atoms with Gasteiger partial charge in [-0.15, -0.1) is 0 Å². The first-order valence-corrected chi connectivity index (χ1v) is 8.75. The standard InChI is InChI=1S/C20H19N5O2/c1-25-18(26)10-9-16(24-25)20(27)23-19(13-5-3-2-4-6-13)14-7-8-15-17(11-14)22-12-21-15/h2-8,11-12,19H,9-10H2,1H3,(H,21,22)(H,23,27)/t19-/m1/s1. The van der Waals surface area contributed by atoms with Crippen LogP contribution in [0, 0.1) is 0 Å². The molecule has 1 atom stereocenters. The summed E-state index contributed by atoms with van der Waals surface area (Å²) in [6.45, 7) is 0. The average Bonchev–Trinajstić information content (AvgIpc) is 3.16. The van der Waals surface area contributed by atoms with Crippen molar-refractivity contribution in [3.63, 3.8) is 0 Å². The van der Waals surface area contributed by atoms with Crippen molar-refractivity contribution in [1.82, 2.24) is 20.3 Å². The molecule has 1 aliphatic heterocycles. The number of rotatable bonds is 4. The van der Waals surface area contributed by atoms with Crippen molar-refractivity contribution in [3.05, 3.63) is 66.0 Å². The highest BCUT2D eigenvalue weighted by Gasteiger charge is 2.25. The summed E-state index contributed by atoms with van der Waals surface area (Å²) < 4.78 is 0. The lowest BCUT2D eigenvalue weighted by Gasteiger charge is -2.23. The number of benzene rings is 2. The van der Waals surface area contributed by atoms with Gasteiger partial charge in [0.2, 0.25) is 5.91 Å². The van der Waals surface area contributed by atoms with Gasteiger partial charge in [0.15, 0.2) is 0 Å². The van der Waals surface area contributed by atoms with Crippen molar-refractivity contribution in [2.75, 3.05) is 7.05 Å². The predicted molar refractivity (Wildman–Crippen MR) is 102 cm³/mol. The van der Waals surface area contributed by atoms with Gasteiger partial charge in [-0.05, 0) is 23.3 Å². The SMILES string of the molecule is CN1N=C(C(=O)N[C@H](c2ccccc2)c2ccc3nc[nH]c3c2)CCC1=O. The lowest BCUT2D eigenvalue weighted by molar-refractivity contribution is -0.130. The molecule has 0 fully saturated rings. The van der Waals surface area contributed by atoms with Crippen molar-refractivity contribution in [1.29, 1.82) is 0 Å². The predicted octanol–water partition coefficient (Wildman–Crippen LogP) is 2.38. The van der Waals surface area contributed by atoms with E-state index in [-0.39, 0.29) is 17.9 Å². The highest BCUT2D eigenvalue weighted by atomic mass is 16.2. The highest BCUT2D eigenvalue weighted by Crippen LogP contribution is 2.25. The third-order valence-electron chi connectivity index (χ3n) is 4.66. The largest absolute Gasteiger partial charge is 0.345 e. The number of hydrogen-bond donors (Lipinski definition) is 2. The van der Waals surface area contributed by atoms with Gasteiger partial charge >= 0.3 is 0 Å². The number of hydrogen-bond acceptors (Lipinski definition) is 4. The summed E-state index contributed by atoms with van der Waals surface area (Å²) in [5.74, 6) is -0.358. The molecule has 0 spiro atoms. The van der Waals surface area contributed by atoms with Crippen molar-refractivity contribution in [2.45, 2.75) is 18.9 Å². The Balaban J connectivity index is 1.67. The molecule has 0 aliphatic carbocycles. The van der Waals surface area contributed by atoms with E-state index in [0.717, 1.165) is 22.2 Å². The molecular formula is C20H19N5O2. The second-order valence-corrected chi connectivity index (χ2v) is 6.46. The zero-order chi connectivity index (χ0) is 18.8. The number of imidazole rings is 1. The summed E-state index contributed by atoms with van der Waals surface area (Å²) in [4.78, 5) is 31.8. The fourth-order valence-corrected chi connectivity index (χ4v) is 3.18. The first kappa shape index (κ1) is 17.0. The Morgan fingerprint density at radius 2 is 1.96 bits per heavy atom. The summed E-state index contributed by atoms with van der Waals surface area (Å²) in [5, 5.41) is 8.42. The quantitative estimate of drug-likeness (QED) is 0.747. The van der Waals surface area contributed by atoms with Gasteiger partial charge in [0, 0.05) is 19.9 Å². The third-order valence-corrected chi connectivity index (χ3v) is 4.66. The topological polar surface area (TPSA) is 90.4 Å². The minimum absolute atomic E-state index is 0.0872. The van der Waals surface area contributed by atoms with Gasteiger partial charge in [-0.3, -0.25) is 9.59 Å². The van der Waals surface area contributed by atoms with E-state index in [1.54, 1.807) is 13.4 Å². The van der Waals surface area contributed by atoms with Gasteiger partial charge in [0.1, 0.15) is 5.71 Å². The van der Waals surface area contributed by atoms with Gasteiger partial charge in [-0.2, -0.15) is 5.10 Å². The Kier molecular flexibility index (Phi) is 4.42. The molecule has 0 saturated heterocycles. The molecule has 2 N–H and O–H groups in total. The molecule has 2 heterocycles. The van der Waals surface area contributed by atoms with Gasteiger partial charge in [0.05, 0.1) is 23.4 Å². The first-order chi connectivity index (χ1) is 13.1. The second kappa shape index (κ2) is 7.03. The summed E-state index contributed by atoms with van der Waals surface area (Å²) in [5.41, 5.74) is 4.04. The van der Waals surface area contributed by atoms with Crippen molar-refractivity contribution >= 4 is 28.6 Å². The van der Waals surface area contributed by atoms with Crippen LogP contribution in [-0.2, 0) is 9.59 Å². The number of aromatic nitrogens is 2. The van der Waals surface area contributed by atoms with E-state index >= 15 is 0 Å². The average molecular weight is 361 g/mol. The number of amides is 2. The van der Waals surface area contributed by atoms with E-state index in [1.807, 2.05) is 48.5 Å². The highest BCUT2D eigenvalue weighted by molar-refractivity contribution is 6.39. The molecule has 27 heavy (non-hydrogen) atoms. The normalized spacial score (nSPS) is 15.5. The van der Waals surface area contributed by atoms with Crippen LogP contribution in [0.1, 0.15) is 30.0 Å². The maximum atomic E-state index is 12.8. The van der Waals surface area contributed by atoms with Crippen LogP contribution in [0.15, 0.2) is 60.0 Å². The molecule has 0 bridgehead atoms. The van der Waals surface area contributed by atoms with Crippen LogP contribution in [0.4, 0.5) is 0 Å². The van der Waals surface area contributed by atoms with E-state index in [4.69, 9.17) is 0 Å². The number of fused-ring (bicyclic) bond motifs is 1. The lowest BCUT2D eigenvalue weighted by atomic mass is 9.97. The molecule has 0 saturated carbocycles. The molecule has 4 rings (SSSR count). The number of H-pyrrole nitrogens is 1. The Bertz CT molecular complexity index is 1030. The van der Waals surface area contributed by atoms with Gasteiger partial charge in [0.25, 0.3) is 5.91 Å². The number of aromatic amines is 1. The number of carbonyl (C=O) groups is 2. The van der Waals surface area contributed by atoms with Gasteiger partial charge < -0.3 is 10.3 Å². The molecule has 136 valence electrons. The van der Waals surface area contributed by atoms with E-state index in [0.29, 0.717) is 18.6 Å². The summed E-state index contributed by atoms with van der Waals surface area (Å²) in [6, 6.07) is 15.3. The molecule has 7 nitrogen and oxygen atoms in total. The molecule has 0 unspecified atom stereocenters. The van der Waals surface area contributed by atoms with Crippen LogP contribution in [-0.4, -0.2) is 39.6 Å². The van der Waals surface area contributed by atoms with Crippen LogP contribution in [0.25, 0.3) is 11.0 Å². The van der Waals surface area contributed by atoms with E-state index in [1.165, 1.54) is 5.01 Å². The maximum Gasteiger partial charge on any atom is 0.268 e. The Hall–Kier alpha value is -3.48. The van der Waals surface area contributed by atoms with Crippen molar-refractivity contribution < 1.29 is 9.59 Å². The molecule has 2 aromatic carbocycles. The Labute approximate surface area is 156 Å². The molecule has 3 aromatic rings. The number of hydrazone groups is 1. The Morgan fingerprint density at radius 3 is 2.74 bits per heavy atom. The zero-order valence-corrected chi connectivity index (χ0v) is 14.8. The number of carbonyl (C=O) groups excluding carboxylic acids is 2. The molecule has 1 aliphatic rings. The lowest BCUT2D eigenvalue weighted by Crippen LogP contribution is -2.39. The smallest absolute Gasteiger partial charge is 0.268 e. The summed E-state index contributed by atoms with van der Waals surface area (Å²) in [7, 11) is 1.57. The molecule has 7 heteroatoms. The van der Waals surface area contributed by atoms with Gasteiger partial charge in [-0.25, -0.2) is 9.99 Å². The van der Waals surface area contributed by atoms with Crippen LogP contribution in [0.2, 0.25) is 0 Å². The fraction of sp³-hybridized carbons (Fsp3) is 0.200. The monoisotopic (exact) mass is 361 g/mol. The minimum Gasteiger partial charge on any atom is -0.345 e. The first-order valence-electron chi connectivity index (χ1n) is 8.75. The van der Waals surface area contributed by atoms with Crippen LogP contribution in [0.3, 0.4) is 0 Å². The fourth-order valence-electron chi connectivity index (χ4n) is 3.18. The third kappa shape index (κ3) is 3.44. The summed E-state index contributed by atoms with van der Waals surface area (Å²) >= 11 is 0. The maximum absolute atomic E-state index is 12.8. The van der Waals surface area contributed by atoms with E-state index in [9.17, 15) is 9.59 Å². The molecule has 0 radical (unpaired) electrons. The van der Waals surface area contributed by atoms with E-state index in [2.05, 4.69) is 20.4 Å². The van der Waals surface area contributed by atoms with Crippen molar-refractivity contribution in [3.8, 4) is 0 Å². The van der Waals surface area contributed by atoms with E-state index < -0.39 is 0 Å². The minimum atomic E-state index is -0.336. The van der Waals surface area contributed by atoms with Crippen LogP contribution >= 0.6 is 0 Å². The Morgan fingerprint density at radius 1 is 1.15 bits per heavy atom. The van der Waals surface area contributed by atoms with Gasteiger partial charge in [-0.1, -0.05) is 36.4 Å². The number of nitrogens with one attached hydrogen (secondary N) is 2. The zero-order valence-electron chi connectivity index (χ0n) is 14.8. The van der Waals surface area contributed by atoms with Crippen LogP contribution < -0.4 is 5.32 Å². The second-order valence-electron chi connectivity index (χ2n) is 6.46.